The second-order valence-electron chi connectivity index (χ2n) is 6.63. The predicted octanol–water partition coefficient (Wildman–Crippen LogP) is 2.07. The van der Waals surface area contributed by atoms with Gasteiger partial charge in [0.05, 0.1) is 0 Å². The quantitative estimate of drug-likeness (QED) is 0.495. The smallest absolute Gasteiger partial charge is 0.428 e. The van der Waals surface area contributed by atoms with Crippen LogP contribution in [0.3, 0.4) is 0 Å². The third-order valence-electron chi connectivity index (χ3n) is 3.48. The van der Waals surface area contributed by atoms with Crippen LogP contribution in [0.15, 0.2) is 48.5 Å². The standard InChI is InChI=1S/C17H22O5Si2/c1-23(2,19)15-9-5-7-13(11-15)21-17(18)22-14-8-6-10-16(12-14)24(3,4)20/h5-12,19-20H,1-4H3. The zero-order valence-electron chi connectivity index (χ0n) is 14.2. The summed E-state index contributed by atoms with van der Waals surface area (Å²) in [4.78, 5) is 32.2. The first-order chi connectivity index (χ1) is 11.1. The first-order valence-corrected chi connectivity index (χ1v) is 13.5. The maximum Gasteiger partial charge on any atom is 0.519 e. The number of ether oxygens (including phenoxy) is 2. The maximum atomic E-state index is 12.0. The fourth-order valence-corrected chi connectivity index (χ4v) is 4.09. The van der Waals surface area contributed by atoms with Crippen LogP contribution in [0.25, 0.3) is 0 Å². The van der Waals surface area contributed by atoms with Crippen molar-refractivity contribution in [1.82, 2.24) is 0 Å². The van der Waals surface area contributed by atoms with Crippen molar-refractivity contribution >= 4 is 33.2 Å². The van der Waals surface area contributed by atoms with Crippen molar-refractivity contribution in [2.75, 3.05) is 0 Å². The van der Waals surface area contributed by atoms with E-state index in [0.29, 0.717) is 11.5 Å². The average molecular weight is 363 g/mol. The molecule has 7 heteroatoms. The molecule has 0 aliphatic rings. The Kier molecular flexibility index (Phi) is 5.29. The highest BCUT2D eigenvalue weighted by Crippen LogP contribution is 2.14. The van der Waals surface area contributed by atoms with Gasteiger partial charge < -0.3 is 19.1 Å². The highest BCUT2D eigenvalue weighted by Gasteiger charge is 2.22. The Morgan fingerprint density at radius 2 is 1.17 bits per heavy atom. The molecule has 2 aromatic rings. The normalized spacial score (nSPS) is 11.9. The van der Waals surface area contributed by atoms with Crippen LogP contribution in [0, 0.1) is 0 Å². The summed E-state index contributed by atoms with van der Waals surface area (Å²) in [5, 5.41) is 1.53. The first kappa shape index (κ1) is 18.4. The summed E-state index contributed by atoms with van der Waals surface area (Å²) in [7, 11) is -4.95. The molecule has 0 heterocycles. The Labute approximate surface area is 143 Å². The number of hydrogen-bond donors (Lipinski definition) is 2. The maximum absolute atomic E-state index is 12.0. The van der Waals surface area contributed by atoms with Crippen LogP contribution in [0.2, 0.25) is 26.2 Å². The van der Waals surface area contributed by atoms with Crippen molar-refractivity contribution in [3.05, 3.63) is 48.5 Å². The lowest BCUT2D eigenvalue weighted by Gasteiger charge is -2.16. The molecule has 0 fully saturated rings. The van der Waals surface area contributed by atoms with Crippen LogP contribution in [0.1, 0.15) is 0 Å². The summed E-state index contributed by atoms with van der Waals surface area (Å²) in [5.41, 5.74) is 0. The van der Waals surface area contributed by atoms with E-state index in [4.69, 9.17) is 9.47 Å². The van der Waals surface area contributed by atoms with Crippen LogP contribution >= 0.6 is 0 Å². The molecule has 0 bridgehead atoms. The van der Waals surface area contributed by atoms with Gasteiger partial charge in [0.25, 0.3) is 0 Å². The van der Waals surface area contributed by atoms with Gasteiger partial charge in [-0.1, -0.05) is 24.3 Å². The molecule has 0 atom stereocenters. The van der Waals surface area contributed by atoms with E-state index in [1.165, 1.54) is 0 Å². The van der Waals surface area contributed by atoms with Crippen LogP contribution in [-0.4, -0.2) is 32.4 Å². The molecule has 128 valence electrons. The minimum Gasteiger partial charge on any atom is -0.428 e. The van der Waals surface area contributed by atoms with E-state index in [-0.39, 0.29) is 0 Å². The number of carbonyl (C=O) groups excluding carboxylic acids is 1. The van der Waals surface area contributed by atoms with E-state index < -0.39 is 22.8 Å². The predicted molar refractivity (Wildman–Crippen MR) is 98.2 cm³/mol. The fourth-order valence-electron chi connectivity index (χ4n) is 2.09. The van der Waals surface area contributed by atoms with Gasteiger partial charge in [0, 0.05) is 0 Å². The molecule has 5 nitrogen and oxygen atoms in total. The van der Waals surface area contributed by atoms with Gasteiger partial charge in [-0.05, 0) is 60.8 Å². The van der Waals surface area contributed by atoms with Crippen molar-refractivity contribution in [2.24, 2.45) is 0 Å². The van der Waals surface area contributed by atoms with Gasteiger partial charge in [-0.3, -0.25) is 0 Å². The molecule has 0 unspecified atom stereocenters. The van der Waals surface area contributed by atoms with Gasteiger partial charge in [0.1, 0.15) is 11.5 Å². The molecule has 0 saturated heterocycles. The highest BCUT2D eigenvalue weighted by atomic mass is 28.4. The minimum absolute atomic E-state index is 0.320. The SMILES string of the molecule is C[Si](C)(O)c1cccc(OC(=O)Oc2cccc([Si](C)(C)O)c2)c1. The zero-order chi connectivity index (χ0) is 18.0. The van der Waals surface area contributed by atoms with Gasteiger partial charge in [-0.15, -0.1) is 0 Å². The third-order valence-corrected chi connectivity index (χ3v) is 6.93. The molecule has 0 aliphatic carbocycles. The summed E-state index contributed by atoms with van der Waals surface area (Å²) in [6, 6.07) is 13.6. The molecule has 0 saturated carbocycles. The molecular weight excluding hydrogens is 340 g/mol. The van der Waals surface area contributed by atoms with E-state index in [0.717, 1.165) is 10.4 Å². The average Bonchev–Trinajstić information content (AvgIpc) is 2.46. The van der Waals surface area contributed by atoms with Gasteiger partial charge >= 0.3 is 6.16 Å². The molecule has 0 aliphatic heterocycles. The lowest BCUT2D eigenvalue weighted by molar-refractivity contribution is 0.152. The summed E-state index contributed by atoms with van der Waals surface area (Å²) in [6.45, 7) is 7.15. The van der Waals surface area contributed by atoms with Gasteiger partial charge in [0.2, 0.25) is 16.6 Å². The Bertz CT molecular complexity index is 671. The summed E-state index contributed by atoms with van der Waals surface area (Å²) < 4.78 is 10.4. The Balaban J connectivity index is 2.09. The molecule has 0 aromatic heterocycles. The van der Waals surface area contributed by atoms with E-state index in [2.05, 4.69) is 0 Å². The molecule has 0 amide bonds. The number of carbonyl (C=O) groups is 1. The second kappa shape index (κ2) is 6.90. The molecule has 0 spiro atoms. The fraction of sp³-hybridized carbons (Fsp3) is 0.235. The van der Waals surface area contributed by atoms with Crippen molar-refractivity contribution in [2.45, 2.75) is 26.2 Å². The molecule has 2 N–H and O–H groups in total. The first-order valence-electron chi connectivity index (χ1n) is 7.61. The van der Waals surface area contributed by atoms with Crippen molar-refractivity contribution in [3.8, 4) is 11.5 Å². The largest absolute Gasteiger partial charge is 0.519 e. The third kappa shape index (κ3) is 5.03. The molecule has 2 aromatic carbocycles. The van der Waals surface area contributed by atoms with E-state index in [9.17, 15) is 14.4 Å². The van der Waals surface area contributed by atoms with Crippen molar-refractivity contribution in [1.29, 1.82) is 0 Å². The molecule has 0 radical (unpaired) electrons. The number of hydrogen-bond acceptors (Lipinski definition) is 5. The lowest BCUT2D eigenvalue weighted by atomic mass is 10.3. The van der Waals surface area contributed by atoms with Crippen LogP contribution < -0.4 is 19.8 Å². The van der Waals surface area contributed by atoms with Gasteiger partial charge in [0.15, 0.2) is 0 Å². The topological polar surface area (TPSA) is 76.0 Å². The summed E-state index contributed by atoms with van der Waals surface area (Å²) >= 11 is 0. The van der Waals surface area contributed by atoms with Crippen LogP contribution in [0.5, 0.6) is 11.5 Å². The van der Waals surface area contributed by atoms with Crippen molar-refractivity contribution in [3.63, 3.8) is 0 Å². The van der Waals surface area contributed by atoms with Gasteiger partial charge in [-0.25, -0.2) is 4.79 Å². The number of rotatable bonds is 4. The zero-order valence-corrected chi connectivity index (χ0v) is 16.2. The summed E-state index contributed by atoms with van der Waals surface area (Å²) in [5.74, 6) is 0.639. The van der Waals surface area contributed by atoms with Crippen LogP contribution in [-0.2, 0) is 0 Å². The molecule has 2 rings (SSSR count). The Hall–Kier alpha value is -1.94. The van der Waals surface area contributed by atoms with E-state index in [1.807, 2.05) is 12.1 Å². The molecular formula is C17H22O5Si2. The van der Waals surface area contributed by atoms with Crippen LogP contribution in [0.4, 0.5) is 4.79 Å². The Morgan fingerprint density at radius 3 is 1.50 bits per heavy atom. The van der Waals surface area contributed by atoms with Gasteiger partial charge in [-0.2, -0.15) is 0 Å². The van der Waals surface area contributed by atoms with E-state index >= 15 is 0 Å². The molecule has 24 heavy (non-hydrogen) atoms. The van der Waals surface area contributed by atoms with E-state index in [1.54, 1.807) is 62.6 Å². The second-order valence-corrected chi connectivity index (χ2v) is 14.0. The highest BCUT2D eigenvalue weighted by molar-refractivity contribution is 6.83. The van der Waals surface area contributed by atoms with Crippen molar-refractivity contribution < 1.29 is 23.9 Å². The summed E-state index contributed by atoms with van der Waals surface area (Å²) in [6.07, 6.45) is -0.862. The number of benzene rings is 2. The Morgan fingerprint density at radius 1 is 0.792 bits per heavy atom. The monoisotopic (exact) mass is 362 g/mol. The minimum atomic E-state index is -2.47. The lowest BCUT2D eigenvalue weighted by Crippen LogP contribution is -2.41.